The quantitative estimate of drug-likeness (QED) is 0.791. The summed E-state index contributed by atoms with van der Waals surface area (Å²) < 4.78 is 0. The second kappa shape index (κ2) is 6.85. The van der Waals surface area contributed by atoms with Crippen LogP contribution >= 0.6 is 11.8 Å². The molecule has 1 N–H and O–H groups in total. The Kier molecular flexibility index (Phi) is 5.65. The fourth-order valence-corrected chi connectivity index (χ4v) is 5.08. The van der Waals surface area contributed by atoms with Crippen molar-refractivity contribution in [3.05, 3.63) is 0 Å². The maximum Gasteiger partial charge on any atom is 0.00805 e. The lowest BCUT2D eigenvalue weighted by molar-refractivity contribution is 0.156. The van der Waals surface area contributed by atoms with Gasteiger partial charge in [-0.15, -0.1) is 0 Å². The highest BCUT2D eigenvalue weighted by molar-refractivity contribution is 7.99. The van der Waals surface area contributed by atoms with Crippen molar-refractivity contribution in [1.82, 2.24) is 5.32 Å². The van der Waals surface area contributed by atoms with Crippen molar-refractivity contribution in [3.63, 3.8) is 0 Å². The van der Waals surface area contributed by atoms with E-state index in [4.69, 9.17) is 0 Å². The molecule has 2 saturated carbocycles. The number of hydrogen-bond donors (Lipinski definition) is 1. The minimum absolute atomic E-state index is 0.515. The molecule has 0 aromatic rings. The smallest absolute Gasteiger partial charge is 0.00805 e. The molecule has 112 valence electrons. The van der Waals surface area contributed by atoms with E-state index in [2.05, 4.69) is 44.8 Å². The van der Waals surface area contributed by atoms with E-state index in [1.165, 1.54) is 50.7 Å². The Morgan fingerprint density at radius 3 is 2.16 bits per heavy atom. The van der Waals surface area contributed by atoms with Crippen molar-refractivity contribution in [2.24, 2.45) is 11.3 Å². The summed E-state index contributed by atoms with van der Waals surface area (Å²) in [7, 11) is 0. The fraction of sp³-hybridized carbons (Fsp3) is 1.00. The van der Waals surface area contributed by atoms with Gasteiger partial charge in [-0.3, -0.25) is 0 Å². The van der Waals surface area contributed by atoms with Gasteiger partial charge in [0.15, 0.2) is 0 Å². The normalized spacial score (nSPS) is 36.6. The molecule has 2 atom stereocenters. The Hall–Kier alpha value is 0.310. The van der Waals surface area contributed by atoms with Gasteiger partial charge in [0, 0.05) is 17.3 Å². The van der Waals surface area contributed by atoms with E-state index in [-0.39, 0.29) is 0 Å². The first-order chi connectivity index (χ1) is 8.99. The molecule has 2 rings (SSSR count). The molecule has 19 heavy (non-hydrogen) atoms. The van der Waals surface area contributed by atoms with Gasteiger partial charge >= 0.3 is 0 Å². The minimum Gasteiger partial charge on any atom is -0.311 e. The van der Waals surface area contributed by atoms with Crippen LogP contribution < -0.4 is 5.32 Å². The second-order valence-corrected chi connectivity index (χ2v) is 9.25. The van der Waals surface area contributed by atoms with Crippen molar-refractivity contribution < 1.29 is 0 Å². The molecule has 0 aromatic heterocycles. The molecule has 0 aromatic carbocycles. The van der Waals surface area contributed by atoms with E-state index in [1.54, 1.807) is 0 Å². The lowest BCUT2D eigenvalue weighted by Crippen LogP contribution is -2.41. The summed E-state index contributed by atoms with van der Waals surface area (Å²) in [5, 5.41) is 4.90. The monoisotopic (exact) mass is 283 g/mol. The zero-order valence-electron chi connectivity index (χ0n) is 13.4. The second-order valence-electron chi connectivity index (χ2n) is 7.67. The molecular weight excluding hydrogens is 250 g/mol. The molecule has 2 heteroatoms. The number of rotatable bonds is 4. The Balaban J connectivity index is 1.69. The average molecular weight is 284 g/mol. The molecular formula is C17H33NS. The maximum absolute atomic E-state index is 3.96. The van der Waals surface area contributed by atoms with Crippen LogP contribution in [0.1, 0.15) is 72.6 Å². The summed E-state index contributed by atoms with van der Waals surface area (Å²) in [4.78, 5) is 0. The lowest BCUT2D eigenvalue weighted by Gasteiger charge is -2.38. The largest absolute Gasteiger partial charge is 0.311 e. The van der Waals surface area contributed by atoms with Crippen LogP contribution in [0, 0.1) is 11.3 Å². The molecule has 0 bridgehead atoms. The Bertz CT molecular complexity index is 263. The summed E-state index contributed by atoms with van der Waals surface area (Å²) >= 11 is 2.17. The van der Waals surface area contributed by atoms with Gasteiger partial charge in [0.1, 0.15) is 0 Å². The first kappa shape index (κ1) is 15.7. The van der Waals surface area contributed by atoms with Crippen molar-refractivity contribution >= 4 is 11.8 Å². The van der Waals surface area contributed by atoms with Crippen LogP contribution in [0.4, 0.5) is 0 Å². The molecule has 2 aliphatic carbocycles. The van der Waals surface area contributed by atoms with Crippen LogP contribution in [0.25, 0.3) is 0 Å². The molecule has 0 amide bonds. The first-order valence-electron chi connectivity index (χ1n) is 8.36. The summed E-state index contributed by atoms with van der Waals surface area (Å²) in [5.41, 5.74) is 0.515. The maximum atomic E-state index is 3.96. The van der Waals surface area contributed by atoms with Gasteiger partial charge in [-0.25, -0.2) is 0 Å². The minimum atomic E-state index is 0.515. The van der Waals surface area contributed by atoms with Crippen LogP contribution in [0.2, 0.25) is 0 Å². The number of nitrogens with one attached hydrogen (secondary N) is 1. The summed E-state index contributed by atoms with van der Waals surface area (Å²) in [6, 6.07) is 1.63. The van der Waals surface area contributed by atoms with E-state index < -0.39 is 0 Å². The van der Waals surface area contributed by atoms with Crippen molar-refractivity contribution in [2.45, 2.75) is 90.0 Å². The topological polar surface area (TPSA) is 12.0 Å². The zero-order valence-corrected chi connectivity index (χ0v) is 14.2. The van der Waals surface area contributed by atoms with Crippen LogP contribution in [-0.2, 0) is 0 Å². The van der Waals surface area contributed by atoms with Gasteiger partial charge in [-0.1, -0.05) is 27.7 Å². The van der Waals surface area contributed by atoms with Crippen molar-refractivity contribution in [1.29, 1.82) is 0 Å². The van der Waals surface area contributed by atoms with Crippen molar-refractivity contribution in [2.75, 3.05) is 5.75 Å². The SMILES string of the molecule is CCSC1CCC(NC2CCC(C(C)(C)C)CC2)C1. The molecule has 0 saturated heterocycles. The van der Waals surface area contributed by atoms with E-state index >= 15 is 0 Å². The van der Waals surface area contributed by atoms with Gasteiger partial charge < -0.3 is 5.32 Å². The third kappa shape index (κ3) is 4.67. The Morgan fingerprint density at radius 2 is 1.58 bits per heavy atom. The fourth-order valence-electron chi connectivity index (χ4n) is 3.94. The highest BCUT2D eigenvalue weighted by Crippen LogP contribution is 2.38. The van der Waals surface area contributed by atoms with E-state index in [0.717, 1.165) is 23.3 Å². The van der Waals surface area contributed by atoms with Crippen LogP contribution in [0.5, 0.6) is 0 Å². The molecule has 2 fully saturated rings. The van der Waals surface area contributed by atoms with Gasteiger partial charge in [0.2, 0.25) is 0 Å². The standard InChI is InChI=1S/C17H33NS/c1-5-19-16-11-10-15(12-16)18-14-8-6-13(7-9-14)17(2,3)4/h13-16,18H,5-12H2,1-4H3. The van der Waals surface area contributed by atoms with Crippen LogP contribution in [0.3, 0.4) is 0 Å². The molecule has 2 aliphatic rings. The highest BCUT2D eigenvalue weighted by Gasteiger charge is 2.32. The van der Waals surface area contributed by atoms with Crippen LogP contribution in [0.15, 0.2) is 0 Å². The Morgan fingerprint density at radius 1 is 0.947 bits per heavy atom. The van der Waals surface area contributed by atoms with E-state index in [0.29, 0.717) is 5.41 Å². The molecule has 2 unspecified atom stereocenters. The summed E-state index contributed by atoms with van der Waals surface area (Å²) in [5.74, 6) is 2.23. The zero-order chi connectivity index (χ0) is 13.9. The molecule has 0 spiro atoms. The molecule has 0 heterocycles. The summed E-state index contributed by atoms with van der Waals surface area (Å²) in [6.07, 6.45) is 9.94. The van der Waals surface area contributed by atoms with Gasteiger partial charge in [0.25, 0.3) is 0 Å². The predicted molar refractivity (Wildman–Crippen MR) is 87.9 cm³/mol. The van der Waals surface area contributed by atoms with E-state index in [9.17, 15) is 0 Å². The number of thioether (sulfide) groups is 1. The third-order valence-electron chi connectivity index (χ3n) is 5.21. The summed E-state index contributed by atoms with van der Waals surface area (Å²) in [6.45, 7) is 9.53. The van der Waals surface area contributed by atoms with Gasteiger partial charge in [0.05, 0.1) is 0 Å². The molecule has 0 radical (unpaired) electrons. The van der Waals surface area contributed by atoms with E-state index in [1.807, 2.05) is 0 Å². The highest BCUT2D eigenvalue weighted by atomic mass is 32.2. The molecule has 0 aliphatic heterocycles. The van der Waals surface area contributed by atoms with Gasteiger partial charge in [-0.2, -0.15) is 11.8 Å². The average Bonchev–Trinajstić information content (AvgIpc) is 2.77. The molecule has 1 nitrogen and oxygen atoms in total. The predicted octanol–water partition coefficient (Wildman–Crippen LogP) is 4.86. The van der Waals surface area contributed by atoms with Crippen molar-refractivity contribution in [3.8, 4) is 0 Å². The third-order valence-corrected chi connectivity index (χ3v) is 6.44. The van der Waals surface area contributed by atoms with Gasteiger partial charge in [-0.05, 0) is 62.0 Å². The van der Waals surface area contributed by atoms with Crippen LogP contribution in [-0.4, -0.2) is 23.1 Å². The first-order valence-corrected chi connectivity index (χ1v) is 9.41. The number of hydrogen-bond acceptors (Lipinski definition) is 2. The lowest BCUT2D eigenvalue weighted by atomic mass is 9.71. The Labute approximate surface area is 124 Å².